The summed E-state index contributed by atoms with van der Waals surface area (Å²) in [7, 11) is 0. The third-order valence-corrected chi connectivity index (χ3v) is 5.12. The van der Waals surface area contributed by atoms with E-state index in [0.717, 1.165) is 11.1 Å². The molecule has 0 saturated carbocycles. The van der Waals surface area contributed by atoms with Crippen LogP contribution in [0, 0.1) is 0 Å². The van der Waals surface area contributed by atoms with Crippen LogP contribution in [-0.4, -0.2) is 22.0 Å². The molecule has 0 saturated heterocycles. The van der Waals surface area contributed by atoms with Crippen molar-refractivity contribution in [2.24, 2.45) is 0 Å². The first kappa shape index (κ1) is 22.4. The van der Waals surface area contributed by atoms with Crippen molar-refractivity contribution in [3.8, 4) is 11.5 Å². The van der Waals surface area contributed by atoms with Crippen molar-refractivity contribution in [3.63, 3.8) is 0 Å². The van der Waals surface area contributed by atoms with Crippen LogP contribution in [0.15, 0.2) is 97.1 Å². The van der Waals surface area contributed by atoms with E-state index in [-0.39, 0.29) is 23.3 Å². The van der Waals surface area contributed by atoms with Gasteiger partial charge < -0.3 is 20.8 Å². The third kappa shape index (κ3) is 5.49. The minimum Gasteiger partial charge on any atom is -0.506 e. The Kier molecular flexibility index (Phi) is 6.70. The van der Waals surface area contributed by atoms with Gasteiger partial charge in [-0.25, -0.2) is 0 Å². The van der Waals surface area contributed by atoms with Gasteiger partial charge in [-0.05, 0) is 59.7 Å². The highest BCUT2D eigenvalue weighted by Crippen LogP contribution is 2.23. The summed E-state index contributed by atoms with van der Waals surface area (Å²) >= 11 is 0. The van der Waals surface area contributed by atoms with Crippen LogP contribution in [0.5, 0.6) is 11.5 Å². The van der Waals surface area contributed by atoms with E-state index in [1.54, 1.807) is 60.7 Å². The molecule has 0 spiro atoms. The summed E-state index contributed by atoms with van der Waals surface area (Å²) in [6, 6.07) is 27.3. The molecular formula is C28H22N2O4. The molecule has 0 atom stereocenters. The largest absolute Gasteiger partial charge is 0.506 e. The average Bonchev–Trinajstić information content (AvgIpc) is 2.86. The zero-order chi connectivity index (χ0) is 23.9. The van der Waals surface area contributed by atoms with Crippen molar-refractivity contribution in [2.75, 3.05) is 10.6 Å². The maximum absolute atomic E-state index is 12.4. The molecule has 0 unspecified atom stereocenters. The molecule has 4 rings (SSSR count). The number of benzene rings is 4. The second kappa shape index (κ2) is 10.2. The van der Waals surface area contributed by atoms with E-state index < -0.39 is 0 Å². The normalized spacial score (nSPS) is 10.7. The molecule has 4 aromatic carbocycles. The smallest absolute Gasteiger partial charge is 0.255 e. The first-order valence-electron chi connectivity index (χ1n) is 10.6. The Morgan fingerprint density at radius 3 is 1.24 bits per heavy atom. The summed E-state index contributed by atoms with van der Waals surface area (Å²) in [6.07, 6.45) is 3.81. The van der Waals surface area contributed by atoms with Gasteiger partial charge in [0.2, 0.25) is 0 Å². The van der Waals surface area contributed by atoms with E-state index >= 15 is 0 Å². The lowest BCUT2D eigenvalue weighted by Crippen LogP contribution is -2.11. The molecule has 168 valence electrons. The van der Waals surface area contributed by atoms with Gasteiger partial charge in [-0.2, -0.15) is 0 Å². The molecule has 0 aliphatic heterocycles. The molecule has 6 heteroatoms. The molecule has 0 fully saturated rings. The second-order valence-corrected chi connectivity index (χ2v) is 7.52. The fourth-order valence-corrected chi connectivity index (χ4v) is 3.23. The van der Waals surface area contributed by atoms with E-state index in [0.29, 0.717) is 22.5 Å². The predicted octanol–water partition coefficient (Wildman–Crippen LogP) is 5.77. The number of anilines is 2. The monoisotopic (exact) mass is 450 g/mol. The summed E-state index contributed by atoms with van der Waals surface area (Å²) in [6.45, 7) is 0. The van der Waals surface area contributed by atoms with Crippen LogP contribution < -0.4 is 10.6 Å². The van der Waals surface area contributed by atoms with E-state index in [2.05, 4.69) is 10.6 Å². The Morgan fingerprint density at radius 1 is 0.529 bits per heavy atom. The lowest BCUT2D eigenvalue weighted by Gasteiger charge is -2.07. The summed E-state index contributed by atoms with van der Waals surface area (Å²) in [5.41, 5.74) is 3.46. The van der Waals surface area contributed by atoms with Crippen molar-refractivity contribution < 1.29 is 19.8 Å². The Bertz CT molecular complexity index is 1240. The van der Waals surface area contributed by atoms with Crippen molar-refractivity contribution in [3.05, 3.63) is 119 Å². The number of nitrogens with one attached hydrogen (secondary N) is 2. The van der Waals surface area contributed by atoms with Gasteiger partial charge in [0.25, 0.3) is 11.8 Å². The van der Waals surface area contributed by atoms with Crippen LogP contribution in [-0.2, 0) is 0 Å². The zero-order valence-electron chi connectivity index (χ0n) is 18.1. The number of rotatable bonds is 6. The third-order valence-electron chi connectivity index (χ3n) is 5.12. The summed E-state index contributed by atoms with van der Waals surface area (Å²) in [4.78, 5) is 24.8. The molecule has 0 bridgehead atoms. The van der Waals surface area contributed by atoms with E-state index in [4.69, 9.17) is 0 Å². The number of phenols is 2. The van der Waals surface area contributed by atoms with Gasteiger partial charge in [-0.3, -0.25) is 9.59 Å². The van der Waals surface area contributed by atoms with Gasteiger partial charge in [-0.15, -0.1) is 0 Å². The van der Waals surface area contributed by atoms with Crippen molar-refractivity contribution in [2.45, 2.75) is 0 Å². The highest BCUT2D eigenvalue weighted by molar-refractivity contribution is 6.05. The topological polar surface area (TPSA) is 98.7 Å². The summed E-state index contributed by atoms with van der Waals surface area (Å²) in [5.74, 6) is -0.598. The fraction of sp³-hybridized carbons (Fsp3) is 0. The highest BCUT2D eigenvalue weighted by atomic mass is 16.3. The highest BCUT2D eigenvalue weighted by Gasteiger charge is 2.09. The SMILES string of the molecule is O=C(Nc1ccccc1O)c1ccc(C=Cc2ccc(C(=O)Nc3ccccc3O)cc2)cc1. The minimum atomic E-state index is -0.310. The Morgan fingerprint density at radius 2 is 0.882 bits per heavy atom. The van der Waals surface area contributed by atoms with E-state index in [1.807, 2.05) is 36.4 Å². The van der Waals surface area contributed by atoms with E-state index in [9.17, 15) is 19.8 Å². The van der Waals surface area contributed by atoms with Crippen molar-refractivity contribution >= 4 is 35.3 Å². The van der Waals surface area contributed by atoms with Crippen LogP contribution in [0.25, 0.3) is 12.2 Å². The van der Waals surface area contributed by atoms with Crippen molar-refractivity contribution in [1.29, 1.82) is 0 Å². The molecule has 4 aromatic rings. The first-order chi connectivity index (χ1) is 16.5. The standard InChI is InChI=1S/C28H22N2O4/c31-25-7-3-1-5-23(25)29-27(33)21-15-11-19(12-16-21)9-10-20-13-17-22(18-14-20)28(34)30-24-6-2-4-8-26(24)32/h1-18,31-32H,(H,29,33)(H,30,34). The number of carbonyl (C=O) groups is 2. The molecule has 4 N–H and O–H groups in total. The Hall–Kier alpha value is -4.84. The molecule has 0 aliphatic rings. The van der Waals surface area contributed by atoms with Crippen molar-refractivity contribution in [1.82, 2.24) is 0 Å². The molecule has 2 amide bonds. The first-order valence-corrected chi connectivity index (χ1v) is 10.6. The Balaban J connectivity index is 1.37. The molecule has 6 nitrogen and oxygen atoms in total. The Labute approximate surface area is 196 Å². The zero-order valence-corrected chi connectivity index (χ0v) is 18.1. The van der Waals surface area contributed by atoms with E-state index in [1.165, 1.54) is 12.1 Å². The number of phenolic OH excluding ortho intramolecular Hbond substituents is 2. The van der Waals surface area contributed by atoms with Crippen LogP contribution in [0.2, 0.25) is 0 Å². The van der Waals surface area contributed by atoms with Gasteiger partial charge >= 0.3 is 0 Å². The van der Waals surface area contributed by atoms with Gasteiger partial charge in [0.15, 0.2) is 0 Å². The number of aromatic hydroxyl groups is 2. The van der Waals surface area contributed by atoms with Crippen LogP contribution in [0.3, 0.4) is 0 Å². The molecular weight excluding hydrogens is 428 g/mol. The maximum Gasteiger partial charge on any atom is 0.255 e. The second-order valence-electron chi connectivity index (χ2n) is 7.52. The molecule has 0 aromatic heterocycles. The van der Waals surface area contributed by atoms with Gasteiger partial charge in [-0.1, -0.05) is 60.7 Å². The number of hydrogen-bond acceptors (Lipinski definition) is 4. The summed E-state index contributed by atoms with van der Waals surface area (Å²) in [5, 5.41) is 25.0. The molecule has 0 aliphatic carbocycles. The van der Waals surface area contributed by atoms with Crippen LogP contribution in [0.4, 0.5) is 11.4 Å². The van der Waals surface area contributed by atoms with Gasteiger partial charge in [0.05, 0.1) is 11.4 Å². The number of amides is 2. The average molecular weight is 450 g/mol. The van der Waals surface area contributed by atoms with Crippen LogP contribution in [0.1, 0.15) is 31.8 Å². The number of hydrogen-bond donors (Lipinski definition) is 4. The lowest BCUT2D eigenvalue weighted by molar-refractivity contribution is 0.101. The number of carbonyl (C=O) groups excluding carboxylic acids is 2. The summed E-state index contributed by atoms with van der Waals surface area (Å²) < 4.78 is 0. The number of para-hydroxylation sites is 4. The molecule has 0 heterocycles. The quantitative estimate of drug-likeness (QED) is 0.221. The minimum absolute atomic E-state index is 0.0112. The van der Waals surface area contributed by atoms with Crippen LogP contribution >= 0.6 is 0 Å². The maximum atomic E-state index is 12.4. The fourth-order valence-electron chi connectivity index (χ4n) is 3.23. The molecule has 0 radical (unpaired) electrons. The van der Waals surface area contributed by atoms with Gasteiger partial charge in [0.1, 0.15) is 11.5 Å². The van der Waals surface area contributed by atoms with Gasteiger partial charge in [0, 0.05) is 11.1 Å². The molecule has 34 heavy (non-hydrogen) atoms. The predicted molar refractivity (Wildman–Crippen MR) is 134 cm³/mol. The lowest BCUT2D eigenvalue weighted by atomic mass is 10.1.